The summed E-state index contributed by atoms with van der Waals surface area (Å²) in [5.41, 5.74) is 1.06. The predicted molar refractivity (Wildman–Crippen MR) is 129 cm³/mol. The van der Waals surface area contributed by atoms with Crippen LogP contribution >= 0.6 is 41.2 Å². The number of hydrogen-bond donors (Lipinski definition) is 0. The minimum absolute atomic E-state index is 0.528. The minimum atomic E-state index is -1.53. The van der Waals surface area contributed by atoms with Gasteiger partial charge >= 0.3 is 18.6 Å². The first-order chi connectivity index (χ1) is 12.6. The fourth-order valence-electron chi connectivity index (χ4n) is 2.02. The van der Waals surface area contributed by atoms with Crippen molar-refractivity contribution >= 4 is 59.8 Å². The van der Waals surface area contributed by atoms with E-state index in [4.69, 9.17) is 17.7 Å². The first-order valence-corrected chi connectivity index (χ1v) is 18.0. The predicted octanol–water partition coefficient (Wildman–Crippen LogP) is 5.81. The van der Waals surface area contributed by atoms with Crippen molar-refractivity contribution in [1.29, 1.82) is 0 Å². The van der Waals surface area contributed by atoms with Crippen molar-refractivity contribution in [2.75, 3.05) is 37.9 Å². The van der Waals surface area contributed by atoms with Gasteiger partial charge in [0, 0.05) is 49.0 Å². The lowest BCUT2D eigenvalue weighted by atomic mass is 10.5. The van der Waals surface area contributed by atoms with Gasteiger partial charge in [0.25, 0.3) is 0 Å². The molecule has 26 heavy (non-hydrogen) atoms. The summed E-state index contributed by atoms with van der Waals surface area (Å²) < 4.78 is 23.6. The molecule has 0 bridgehead atoms. The Labute approximate surface area is 180 Å². The third kappa shape index (κ3) is 14.6. The maximum atomic E-state index is 5.94. The van der Waals surface area contributed by atoms with Crippen LogP contribution in [0.2, 0.25) is 11.1 Å². The molecule has 0 N–H and O–H groups in total. The summed E-state index contributed by atoms with van der Waals surface area (Å²) in [5.74, 6) is 2.18. The molecule has 0 saturated heterocycles. The fourth-order valence-corrected chi connectivity index (χ4v) is 14.1. The van der Waals surface area contributed by atoms with Gasteiger partial charge in [-0.3, -0.25) is 0 Å². The van der Waals surface area contributed by atoms with Crippen molar-refractivity contribution in [3.05, 3.63) is 0 Å². The Morgan fingerprint density at radius 2 is 1.04 bits per heavy atom. The highest BCUT2D eigenvalue weighted by Gasteiger charge is 2.23. The highest BCUT2D eigenvalue weighted by Crippen LogP contribution is 2.45. The van der Waals surface area contributed by atoms with E-state index < -0.39 is 18.6 Å². The molecule has 4 atom stereocenters. The van der Waals surface area contributed by atoms with Crippen molar-refractivity contribution in [3.8, 4) is 0 Å². The normalized spacial score (nSPS) is 16.4. The summed E-state index contributed by atoms with van der Waals surface area (Å²) in [4.78, 5) is 0. The molecule has 0 rings (SSSR count). The van der Waals surface area contributed by atoms with Crippen LogP contribution in [0, 0.1) is 0 Å². The Kier molecular flexibility index (Phi) is 21.3. The molecule has 0 heterocycles. The van der Waals surface area contributed by atoms with Crippen LogP contribution in [0.15, 0.2) is 0 Å². The molecule has 0 spiro atoms. The highest BCUT2D eigenvalue weighted by atomic mass is 33.7. The van der Waals surface area contributed by atoms with E-state index in [0.29, 0.717) is 11.1 Å². The van der Waals surface area contributed by atoms with Crippen LogP contribution in [0.3, 0.4) is 0 Å². The largest absolute Gasteiger partial charge is 0.397 e. The van der Waals surface area contributed by atoms with Gasteiger partial charge in [0.05, 0.1) is 0 Å². The van der Waals surface area contributed by atoms with E-state index >= 15 is 0 Å². The summed E-state index contributed by atoms with van der Waals surface area (Å²) in [5, 5.41) is 0. The molecule has 0 radical (unpaired) electrons. The Bertz CT molecular complexity index is 281. The second kappa shape index (κ2) is 20.0. The molecule has 10 heteroatoms. The average molecular weight is 479 g/mol. The monoisotopic (exact) mass is 478 g/mol. The minimum Gasteiger partial charge on any atom is -0.397 e. The second-order valence-corrected chi connectivity index (χ2v) is 17.2. The summed E-state index contributed by atoms with van der Waals surface area (Å²) in [7, 11) is 4.50. The molecule has 0 aromatic carbocycles. The molecule has 0 aromatic heterocycles. The summed E-state index contributed by atoms with van der Waals surface area (Å²) in [6.45, 7) is 16.1. The van der Waals surface area contributed by atoms with Gasteiger partial charge in [0.2, 0.25) is 0 Å². The topological polar surface area (TPSA) is 36.9 Å². The molecular weight excluding hydrogens is 441 g/mol. The maximum absolute atomic E-state index is 5.94. The van der Waals surface area contributed by atoms with Crippen LogP contribution in [0.4, 0.5) is 0 Å². The molecule has 0 aromatic rings. The molecule has 0 aliphatic heterocycles. The van der Waals surface area contributed by atoms with Crippen LogP contribution in [0.5, 0.6) is 0 Å². The van der Waals surface area contributed by atoms with Gasteiger partial charge in [0.1, 0.15) is 0 Å². The van der Waals surface area contributed by atoms with E-state index in [2.05, 4.69) is 41.5 Å². The zero-order valence-corrected chi connectivity index (χ0v) is 22.8. The van der Waals surface area contributed by atoms with Gasteiger partial charge in [-0.15, -0.1) is 0 Å². The molecule has 4 nitrogen and oxygen atoms in total. The van der Waals surface area contributed by atoms with Gasteiger partial charge in [-0.05, 0) is 46.3 Å². The van der Waals surface area contributed by atoms with Crippen molar-refractivity contribution in [1.82, 2.24) is 0 Å². The van der Waals surface area contributed by atoms with E-state index in [1.807, 2.05) is 41.2 Å². The van der Waals surface area contributed by atoms with Crippen LogP contribution < -0.4 is 0 Å². The summed E-state index contributed by atoms with van der Waals surface area (Å²) >= 11 is 0. The van der Waals surface area contributed by atoms with Crippen LogP contribution in [-0.4, -0.2) is 56.5 Å². The Morgan fingerprint density at radius 3 is 1.35 bits per heavy atom. The molecule has 0 aliphatic rings. The fraction of sp³-hybridized carbons (Fsp3) is 1.00. The third-order valence-corrected chi connectivity index (χ3v) is 15.7. The Hall–Kier alpha value is 1.67. The second-order valence-electron chi connectivity index (χ2n) is 6.05. The van der Waals surface area contributed by atoms with Crippen LogP contribution in [0.1, 0.15) is 54.4 Å². The smallest absolute Gasteiger partial charge is 0.325 e. The van der Waals surface area contributed by atoms with Crippen molar-refractivity contribution in [2.24, 2.45) is 0 Å². The van der Waals surface area contributed by atoms with E-state index in [1.165, 1.54) is 0 Å². The Balaban J connectivity index is 3.89. The first-order valence-electron chi connectivity index (χ1n) is 9.64. The SMILES string of the molecule is CCCO[SiH](OCC)C(C)CSSSSCC(C)[SiH](OCC)OCCC. The lowest BCUT2D eigenvalue weighted by molar-refractivity contribution is 0.198. The van der Waals surface area contributed by atoms with Gasteiger partial charge in [-0.2, -0.15) is 0 Å². The van der Waals surface area contributed by atoms with E-state index in [9.17, 15) is 0 Å². The maximum Gasteiger partial charge on any atom is 0.325 e. The Morgan fingerprint density at radius 1 is 0.654 bits per heavy atom. The molecule has 0 saturated carbocycles. The van der Waals surface area contributed by atoms with Crippen molar-refractivity contribution < 1.29 is 17.7 Å². The van der Waals surface area contributed by atoms with E-state index in [0.717, 1.165) is 50.8 Å². The molecule has 4 unspecified atom stereocenters. The summed E-state index contributed by atoms with van der Waals surface area (Å²) in [6.07, 6.45) is 2.12. The standard InChI is InChI=1S/C16H38O4S4Si2/c1-7-11-19-25(17-9-3)15(5)13-21-23-24-22-14-16(6)26(18-10-4)20-12-8-2/h15-16,25-26H,7-14H2,1-6H3. The van der Waals surface area contributed by atoms with E-state index in [1.54, 1.807) is 0 Å². The van der Waals surface area contributed by atoms with Gasteiger partial charge in [-0.1, -0.05) is 49.3 Å². The lowest BCUT2D eigenvalue weighted by Crippen LogP contribution is -2.29. The molecule has 158 valence electrons. The van der Waals surface area contributed by atoms with Crippen molar-refractivity contribution in [2.45, 2.75) is 65.5 Å². The lowest BCUT2D eigenvalue weighted by Gasteiger charge is -2.22. The quantitative estimate of drug-likeness (QED) is 0.131. The van der Waals surface area contributed by atoms with Gasteiger partial charge in [-0.25, -0.2) is 0 Å². The van der Waals surface area contributed by atoms with E-state index in [-0.39, 0.29) is 0 Å². The summed E-state index contributed by atoms with van der Waals surface area (Å²) in [6, 6.07) is 0. The molecule has 0 aliphatic carbocycles. The zero-order chi connectivity index (χ0) is 19.6. The molecule has 0 fully saturated rings. The van der Waals surface area contributed by atoms with Crippen molar-refractivity contribution in [3.63, 3.8) is 0 Å². The average Bonchev–Trinajstić information content (AvgIpc) is 2.64. The number of rotatable bonds is 19. The number of hydrogen-bond acceptors (Lipinski definition) is 8. The first kappa shape index (κ1) is 27.7. The van der Waals surface area contributed by atoms with Crippen LogP contribution in [0.25, 0.3) is 0 Å². The van der Waals surface area contributed by atoms with Gasteiger partial charge in [0.15, 0.2) is 0 Å². The zero-order valence-electron chi connectivity index (χ0n) is 17.2. The van der Waals surface area contributed by atoms with Crippen LogP contribution in [-0.2, 0) is 17.7 Å². The molecule has 0 amide bonds. The van der Waals surface area contributed by atoms with Gasteiger partial charge < -0.3 is 17.7 Å². The highest BCUT2D eigenvalue weighted by molar-refractivity contribution is 9.26. The third-order valence-electron chi connectivity index (χ3n) is 3.35. The molecular formula is C16H38O4S4Si2.